The molecule has 0 radical (unpaired) electrons. The topological polar surface area (TPSA) is 86.8 Å². The maximum absolute atomic E-state index is 13.7. The minimum atomic E-state index is -3.98. The Morgan fingerprint density at radius 1 is 0.971 bits per heavy atom. The molecule has 4 rings (SSSR count). The maximum atomic E-state index is 13.7. The van der Waals surface area contributed by atoms with Gasteiger partial charge < -0.3 is 5.32 Å². The molecule has 182 valence electrons. The van der Waals surface area contributed by atoms with Crippen molar-refractivity contribution >= 4 is 27.5 Å². The minimum Gasteiger partial charge on any atom is -0.350 e. The van der Waals surface area contributed by atoms with Gasteiger partial charge in [0, 0.05) is 18.8 Å². The van der Waals surface area contributed by atoms with Crippen molar-refractivity contribution in [3.05, 3.63) is 95.6 Å². The maximum Gasteiger partial charge on any atom is 0.247 e. The number of carbonyl (C=O) groups is 2. The van der Waals surface area contributed by atoms with Gasteiger partial charge in [-0.15, -0.1) is 0 Å². The van der Waals surface area contributed by atoms with E-state index in [1.54, 1.807) is 25.1 Å². The zero-order valence-corrected chi connectivity index (χ0v) is 20.9. The summed E-state index contributed by atoms with van der Waals surface area (Å²) in [5.41, 5.74) is 1.79. The number of sulfonamides is 1. The number of amides is 2. The summed E-state index contributed by atoms with van der Waals surface area (Å²) in [5.74, 6) is -0.884. The van der Waals surface area contributed by atoms with Crippen molar-refractivity contribution in [1.82, 2.24) is 9.62 Å². The fourth-order valence-electron chi connectivity index (χ4n) is 4.38. The van der Waals surface area contributed by atoms with E-state index < -0.39 is 27.4 Å². The monoisotopic (exact) mass is 491 g/mol. The number of anilines is 1. The van der Waals surface area contributed by atoms with E-state index in [4.69, 9.17) is 0 Å². The second-order valence-corrected chi connectivity index (χ2v) is 11.0. The highest BCUT2D eigenvalue weighted by molar-refractivity contribution is 7.89. The lowest BCUT2D eigenvalue weighted by Gasteiger charge is -2.47. The first-order chi connectivity index (χ1) is 16.6. The molecule has 3 aromatic rings. The smallest absolute Gasteiger partial charge is 0.247 e. The van der Waals surface area contributed by atoms with E-state index >= 15 is 0 Å². The van der Waals surface area contributed by atoms with Crippen LogP contribution >= 0.6 is 0 Å². The van der Waals surface area contributed by atoms with Crippen LogP contribution in [-0.2, 0) is 26.2 Å². The van der Waals surface area contributed by atoms with Crippen LogP contribution in [0, 0.1) is 13.8 Å². The Morgan fingerprint density at radius 3 is 2.26 bits per heavy atom. The van der Waals surface area contributed by atoms with Gasteiger partial charge in [-0.3, -0.25) is 14.5 Å². The Labute approximate surface area is 206 Å². The van der Waals surface area contributed by atoms with Gasteiger partial charge in [0.15, 0.2) is 0 Å². The summed E-state index contributed by atoms with van der Waals surface area (Å²) in [6, 6.07) is 23.1. The number of carbonyl (C=O) groups excluding carboxylic acids is 2. The quantitative estimate of drug-likeness (QED) is 0.573. The van der Waals surface area contributed by atoms with Crippen LogP contribution in [0.25, 0.3) is 0 Å². The number of nitrogens with zero attached hydrogens (tertiary/aromatic N) is 2. The van der Waals surface area contributed by atoms with Gasteiger partial charge in [0.05, 0.1) is 11.4 Å². The summed E-state index contributed by atoms with van der Waals surface area (Å²) >= 11 is 0. The Hall–Kier alpha value is -3.49. The number of aryl methyl sites for hydroxylation is 2. The van der Waals surface area contributed by atoms with Crippen molar-refractivity contribution < 1.29 is 18.0 Å². The summed E-state index contributed by atoms with van der Waals surface area (Å²) in [7, 11) is -3.98. The van der Waals surface area contributed by atoms with Crippen LogP contribution in [0.1, 0.15) is 23.6 Å². The molecule has 1 aliphatic rings. The fraction of sp³-hybridized carbons (Fsp3) is 0.259. The molecule has 1 N–H and O–H groups in total. The number of piperazine rings is 1. The van der Waals surface area contributed by atoms with E-state index in [1.165, 1.54) is 17.0 Å². The van der Waals surface area contributed by atoms with E-state index in [9.17, 15) is 18.0 Å². The Balaban J connectivity index is 1.74. The molecule has 1 heterocycles. The van der Waals surface area contributed by atoms with Gasteiger partial charge in [-0.05, 0) is 55.7 Å². The molecule has 0 aliphatic carbocycles. The molecule has 8 heteroatoms. The third-order valence-electron chi connectivity index (χ3n) is 6.31. The zero-order valence-electron chi connectivity index (χ0n) is 20.1. The van der Waals surface area contributed by atoms with E-state index in [0.29, 0.717) is 5.69 Å². The number of rotatable bonds is 6. The van der Waals surface area contributed by atoms with Gasteiger partial charge in [0.1, 0.15) is 5.54 Å². The van der Waals surface area contributed by atoms with Crippen LogP contribution in [-0.4, -0.2) is 43.2 Å². The summed E-state index contributed by atoms with van der Waals surface area (Å²) in [6.07, 6.45) is 0. The summed E-state index contributed by atoms with van der Waals surface area (Å²) in [4.78, 5) is 28.8. The van der Waals surface area contributed by atoms with Gasteiger partial charge in [0.2, 0.25) is 21.8 Å². The predicted molar refractivity (Wildman–Crippen MR) is 135 cm³/mol. The molecule has 0 spiro atoms. The zero-order chi connectivity index (χ0) is 25.2. The van der Waals surface area contributed by atoms with Crippen molar-refractivity contribution in [3.8, 4) is 0 Å². The number of hydrogen-bond acceptors (Lipinski definition) is 4. The summed E-state index contributed by atoms with van der Waals surface area (Å²) < 4.78 is 27.9. The molecule has 0 bridgehead atoms. The average molecular weight is 492 g/mol. The van der Waals surface area contributed by atoms with Gasteiger partial charge in [-0.1, -0.05) is 60.7 Å². The van der Waals surface area contributed by atoms with Crippen LogP contribution in [0.2, 0.25) is 0 Å². The lowest BCUT2D eigenvalue weighted by molar-refractivity contribution is -0.133. The number of nitrogens with one attached hydrogen (secondary N) is 1. The average Bonchev–Trinajstić information content (AvgIpc) is 2.85. The molecule has 0 unspecified atom stereocenters. The molecule has 3 aromatic carbocycles. The molecule has 0 saturated carbocycles. The molecule has 1 atom stereocenters. The van der Waals surface area contributed by atoms with Gasteiger partial charge in [-0.25, -0.2) is 8.42 Å². The molecule has 1 aliphatic heterocycles. The van der Waals surface area contributed by atoms with Crippen molar-refractivity contribution in [2.45, 2.75) is 37.8 Å². The molecule has 1 fully saturated rings. The van der Waals surface area contributed by atoms with Gasteiger partial charge in [0.25, 0.3) is 0 Å². The molecular formula is C27H29N3O4S. The first kappa shape index (κ1) is 24.6. The van der Waals surface area contributed by atoms with Crippen LogP contribution in [0.4, 0.5) is 5.69 Å². The van der Waals surface area contributed by atoms with Crippen LogP contribution < -0.4 is 10.2 Å². The third-order valence-corrected chi connectivity index (χ3v) is 8.12. The molecule has 7 nitrogen and oxygen atoms in total. The van der Waals surface area contributed by atoms with E-state index in [1.807, 2.05) is 62.4 Å². The standard InChI is InChI=1S/C27H29N3O4S/c1-20-14-15-21(2)24(16-20)30-25(31)18-29(35(33,34)23-12-8-5-9-13-23)19-27(30,3)26(32)28-17-22-10-6-4-7-11-22/h4-16H,17-19H2,1-3H3,(H,28,32)/t27-/m0/s1. The number of hydrogen-bond donors (Lipinski definition) is 1. The SMILES string of the molecule is Cc1ccc(C)c(N2C(=O)CN(S(=O)(=O)c3ccccc3)C[C@@]2(C)C(=O)NCc2ccccc2)c1. The Kier molecular flexibility index (Phi) is 6.78. The highest BCUT2D eigenvalue weighted by atomic mass is 32.2. The lowest BCUT2D eigenvalue weighted by Crippen LogP contribution is -2.70. The first-order valence-corrected chi connectivity index (χ1v) is 12.8. The Morgan fingerprint density at radius 2 is 1.60 bits per heavy atom. The molecule has 0 aromatic heterocycles. The highest BCUT2D eigenvalue weighted by Gasteiger charge is 2.51. The van der Waals surface area contributed by atoms with Gasteiger partial charge >= 0.3 is 0 Å². The third kappa shape index (κ3) is 4.85. The van der Waals surface area contributed by atoms with Crippen molar-refractivity contribution in [1.29, 1.82) is 0 Å². The Bertz CT molecular complexity index is 1340. The second-order valence-electron chi connectivity index (χ2n) is 9.05. The van der Waals surface area contributed by atoms with Gasteiger partial charge in [-0.2, -0.15) is 4.31 Å². The van der Waals surface area contributed by atoms with Crippen molar-refractivity contribution in [2.24, 2.45) is 0 Å². The highest BCUT2D eigenvalue weighted by Crippen LogP contribution is 2.34. The first-order valence-electron chi connectivity index (χ1n) is 11.4. The fourth-order valence-corrected chi connectivity index (χ4v) is 5.88. The second kappa shape index (κ2) is 9.64. The lowest BCUT2D eigenvalue weighted by atomic mass is 9.93. The molecule has 35 heavy (non-hydrogen) atoms. The van der Waals surface area contributed by atoms with Crippen molar-refractivity contribution in [3.63, 3.8) is 0 Å². The largest absolute Gasteiger partial charge is 0.350 e. The summed E-state index contributed by atoms with van der Waals surface area (Å²) in [6.45, 7) is 5.14. The van der Waals surface area contributed by atoms with Crippen LogP contribution in [0.3, 0.4) is 0 Å². The van der Waals surface area contributed by atoms with E-state index in [0.717, 1.165) is 21.0 Å². The van der Waals surface area contributed by atoms with E-state index in [-0.39, 0.29) is 24.5 Å². The molecule has 1 saturated heterocycles. The minimum absolute atomic E-state index is 0.0834. The van der Waals surface area contributed by atoms with Crippen LogP contribution in [0.15, 0.2) is 83.8 Å². The van der Waals surface area contributed by atoms with Crippen LogP contribution in [0.5, 0.6) is 0 Å². The molecule has 2 amide bonds. The predicted octanol–water partition coefficient (Wildman–Crippen LogP) is 3.42. The van der Waals surface area contributed by atoms with E-state index in [2.05, 4.69) is 5.32 Å². The molecular weight excluding hydrogens is 462 g/mol. The normalized spacial score (nSPS) is 18.9. The number of benzene rings is 3. The van der Waals surface area contributed by atoms with Crippen molar-refractivity contribution in [2.75, 3.05) is 18.0 Å². The summed E-state index contributed by atoms with van der Waals surface area (Å²) in [5, 5.41) is 2.92.